The van der Waals surface area contributed by atoms with Crippen LogP contribution in [0.2, 0.25) is 0 Å². The SMILES string of the molecule is CNC(=O)c1ccc([C@H]2c3[nH]c4ccccc4c3C[C@H](C(=O)OC)N2C(=O)CO)cc1. The zero-order valence-corrected chi connectivity index (χ0v) is 17.2. The number of carbonyl (C=O) groups is 3. The molecule has 0 unspecified atom stereocenters. The van der Waals surface area contributed by atoms with Gasteiger partial charge in [-0.1, -0.05) is 30.3 Å². The van der Waals surface area contributed by atoms with Crippen LogP contribution in [0, 0.1) is 0 Å². The van der Waals surface area contributed by atoms with Crippen molar-refractivity contribution in [1.29, 1.82) is 0 Å². The molecule has 0 bridgehead atoms. The van der Waals surface area contributed by atoms with Crippen LogP contribution >= 0.6 is 0 Å². The molecule has 160 valence electrons. The van der Waals surface area contributed by atoms with E-state index in [1.54, 1.807) is 31.3 Å². The quantitative estimate of drug-likeness (QED) is 0.554. The number of aliphatic hydroxyl groups is 1. The number of ether oxygens (including phenoxy) is 1. The van der Waals surface area contributed by atoms with E-state index in [4.69, 9.17) is 4.74 Å². The number of hydrogen-bond donors (Lipinski definition) is 3. The number of benzene rings is 2. The number of aromatic nitrogens is 1. The van der Waals surface area contributed by atoms with E-state index in [9.17, 15) is 19.5 Å². The van der Waals surface area contributed by atoms with Crippen LogP contribution in [0.4, 0.5) is 0 Å². The molecule has 4 rings (SSSR count). The predicted molar refractivity (Wildman–Crippen MR) is 113 cm³/mol. The third-order valence-electron chi connectivity index (χ3n) is 5.74. The van der Waals surface area contributed by atoms with E-state index >= 15 is 0 Å². The molecule has 31 heavy (non-hydrogen) atoms. The van der Waals surface area contributed by atoms with Gasteiger partial charge in [-0.3, -0.25) is 9.59 Å². The molecule has 0 radical (unpaired) electrons. The van der Waals surface area contributed by atoms with Crippen molar-refractivity contribution in [3.63, 3.8) is 0 Å². The summed E-state index contributed by atoms with van der Waals surface area (Å²) in [6.07, 6.45) is 0.268. The lowest BCUT2D eigenvalue weighted by molar-refractivity contribution is -0.156. The summed E-state index contributed by atoms with van der Waals surface area (Å²) in [5.74, 6) is -1.36. The lowest BCUT2D eigenvalue weighted by Crippen LogP contribution is -2.52. The van der Waals surface area contributed by atoms with E-state index in [0.29, 0.717) is 11.1 Å². The normalized spacial score (nSPS) is 17.8. The Morgan fingerprint density at radius 2 is 1.87 bits per heavy atom. The van der Waals surface area contributed by atoms with Crippen LogP contribution in [0.5, 0.6) is 0 Å². The highest BCUT2D eigenvalue weighted by molar-refractivity contribution is 5.94. The maximum atomic E-state index is 12.8. The van der Waals surface area contributed by atoms with E-state index in [2.05, 4.69) is 10.3 Å². The third-order valence-corrected chi connectivity index (χ3v) is 5.74. The molecule has 1 aromatic heterocycles. The Bertz CT molecular complexity index is 1150. The Kier molecular flexibility index (Phi) is 5.48. The number of nitrogens with one attached hydrogen (secondary N) is 2. The number of fused-ring (bicyclic) bond motifs is 3. The highest BCUT2D eigenvalue weighted by Gasteiger charge is 2.43. The number of hydrogen-bond acceptors (Lipinski definition) is 5. The summed E-state index contributed by atoms with van der Waals surface area (Å²) < 4.78 is 4.99. The average Bonchev–Trinajstić information content (AvgIpc) is 3.19. The number of rotatable bonds is 4. The second-order valence-electron chi connectivity index (χ2n) is 7.37. The van der Waals surface area contributed by atoms with E-state index in [0.717, 1.165) is 22.2 Å². The predicted octanol–water partition coefficient (Wildman–Crippen LogP) is 1.54. The first-order chi connectivity index (χ1) is 15.0. The maximum Gasteiger partial charge on any atom is 0.328 e. The number of aromatic amines is 1. The molecule has 2 aromatic carbocycles. The number of para-hydroxylation sites is 1. The maximum absolute atomic E-state index is 12.8. The van der Waals surface area contributed by atoms with Crippen molar-refractivity contribution in [2.75, 3.05) is 20.8 Å². The van der Waals surface area contributed by atoms with Gasteiger partial charge in [0.25, 0.3) is 5.91 Å². The van der Waals surface area contributed by atoms with Crippen LogP contribution in [0.15, 0.2) is 48.5 Å². The van der Waals surface area contributed by atoms with Crippen molar-refractivity contribution in [2.45, 2.75) is 18.5 Å². The Morgan fingerprint density at radius 3 is 2.52 bits per heavy atom. The highest BCUT2D eigenvalue weighted by atomic mass is 16.5. The summed E-state index contributed by atoms with van der Waals surface area (Å²) in [7, 11) is 2.83. The summed E-state index contributed by atoms with van der Waals surface area (Å²) in [5.41, 5.74) is 3.77. The minimum absolute atomic E-state index is 0.225. The number of aliphatic hydroxyl groups excluding tert-OH is 1. The van der Waals surface area contributed by atoms with Gasteiger partial charge in [0.15, 0.2) is 0 Å². The lowest BCUT2D eigenvalue weighted by Gasteiger charge is -2.40. The average molecular weight is 421 g/mol. The molecule has 2 heterocycles. The molecule has 0 spiro atoms. The fourth-order valence-corrected chi connectivity index (χ4v) is 4.31. The van der Waals surface area contributed by atoms with Gasteiger partial charge in [-0.05, 0) is 29.3 Å². The monoisotopic (exact) mass is 421 g/mol. The first kappa shape index (κ1) is 20.6. The number of methoxy groups -OCH3 is 1. The number of H-pyrrole nitrogens is 1. The highest BCUT2D eigenvalue weighted by Crippen LogP contribution is 2.41. The van der Waals surface area contributed by atoms with Gasteiger partial charge in [0.2, 0.25) is 5.91 Å². The number of esters is 1. The van der Waals surface area contributed by atoms with Crippen molar-refractivity contribution < 1.29 is 24.2 Å². The third kappa shape index (κ3) is 3.44. The summed E-state index contributed by atoms with van der Waals surface area (Å²) >= 11 is 0. The second kappa shape index (κ2) is 8.23. The molecule has 8 heteroatoms. The minimum Gasteiger partial charge on any atom is -0.467 e. The van der Waals surface area contributed by atoms with Gasteiger partial charge in [-0.15, -0.1) is 0 Å². The van der Waals surface area contributed by atoms with E-state index in [-0.39, 0.29) is 12.3 Å². The van der Waals surface area contributed by atoms with Gasteiger partial charge < -0.3 is 25.0 Å². The summed E-state index contributed by atoms with van der Waals surface area (Å²) in [6, 6.07) is 13.0. The molecule has 0 fully saturated rings. The van der Waals surface area contributed by atoms with E-state index < -0.39 is 30.6 Å². The van der Waals surface area contributed by atoms with Crippen LogP contribution in [-0.4, -0.2) is 59.6 Å². The molecule has 3 N–H and O–H groups in total. The van der Waals surface area contributed by atoms with Gasteiger partial charge in [-0.25, -0.2) is 4.79 Å². The van der Waals surface area contributed by atoms with Crippen molar-refractivity contribution in [2.24, 2.45) is 0 Å². The van der Waals surface area contributed by atoms with Crippen LogP contribution in [0.1, 0.15) is 33.2 Å². The van der Waals surface area contributed by atoms with Crippen LogP contribution in [-0.2, 0) is 20.7 Å². The zero-order chi connectivity index (χ0) is 22.1. The van der Waals surface area contributed by atoms with Crippen molar-refractivity contribution >= 4 is 28.7 Å². The van der Waals surface area contributed by atoms with Crippen molar-refractivity contribution in [3.05, 3.63) is 70.9 Å². The van der Waals surface area contributed by atoms with Gasteiger partial charge in [-0.2, -0.15) is 0 Å². The number of carbonyl (C=O) groups excluding carboxylic acids is 3. The second-order valence-corrected chi connectivity index (χ2v) is 7.37. The van der Waals surface area contributed by atoms with Gasteiger partial charge in [0.1, 0.15) is 12.6 Å². The fourth-order valence-electron chi connectivity index (χ4n) is 4.31. The minimum atomic E-state index is -0.889. The van der Waals surface area contributed by atoms with E-state index in [1.807, 2.05) is 24.3 Å². The molecule has 2 amide bonds. The lowest BCUT2D eigenvalue weighted by atomic mass is 9.87. The van der Waals surface area contributed by atoms with Crippen molar-refractivity contribution in [3.8, 4) is 0 Å². The topological polar surface area (TPSA) is 112 Å². The molecule has 3 aromatic rings. The molecular weight excluding hydrogens is 398 g/mol. The van der Waals surface area contributed by atoms with Gasteiger partial charge >= 0.3 is 5.97 Å². The Hall–Kier alpha value is -3.65. The molecule has 0 saturated heterocycles. The standard InChI is InChI=1S/C23H23N3O5/c1-24-22(29)14-9-7-13(8-10-14)21-20-16(15-5-3-4-6-17(15)25-20)11-18(23(30)31-2)26(21)19(28)12-27/h3-10,18,21,25,27H,11-12H2,1-2H3,(H,24,29)/t18-,21+/m1/s1. The molecule has 0 saturated carbocycles. The van der Waals surface area contributed by atoms with E-state index in [1.165, 1.54) is 12.0 Å². The molecular formula is C23H23N3O5. The number of amides is 2. The first-order valence-corrected chi connectivity index (χ1v) is 9.91. The summed E-state index contributed by atoms with van der Waals surface area (Å²) in [4.78, 5) is 42.2. The smallest absolute Gasteiger partial charge is 0.328 e. The fraction of sp³-hybridized carbons (Fsp3) is 0.261. The number of nitrogens with zero attached hydrogens (tertiary/aromatic N) is 1. The molecule has 1 aliphatic rings. The molecule has 0 aliphatic carbocycles. The summed E-state index contributed by atoms with van der Waals surface area (Å²) in [5, 5.41) is 13.2. The van der Waals surface area contributed by atoms with Gasteiger partial charge in [0, 0.05) is 35.6 Å². The van der Waals surface area contributed by atoms with Crippen molar-refractivity contribution in [1.82, 2.24) is 15.2 Å². The Morgan fingerprint density at radius 1 is 1.16 bits per heavy atom. The first-order valence-electron chi connectivity index (χ1n) is 9.91. The Labute approximate surface area is 178 Å². The van der Waals surface area contributed by atoms with Crippen LogP contribution in [0.25, 0.3) is 10.9 Å². The molecule has 8 nitrogen and oxygen atoms in total. The molecule has 1 aliphatic heterocycles. The largest absolute Gasteiger partial charge is 0.467 e. The Balaban J connectivity index is 1.92. The van der Waals surface area contributed by atoms with Crippen LogP contribution < -0.4 is 5.32 Å². The molecule has 2 atom stereocenters. The zero-order valence-electron chi connectivity index (χ0n) is 17.2. The van der Waals surface area contributed by atoms with Gasteiger partial charge in [0.05, 0.1) is 13.2 Å². The van der Waals surface area contributed by atoms with Crippen LogP contribution in [0.3, 0.4) is 0 Å². The summed E-state index contributed by atoms with van der Waals surface area (Å²) in [6.45, 7) is -0.740.